The Kier molecular flexibility index (Phi) is 4.72. The van der Waals surface area contributed by atoms with E-state index in [0.717, 1.165) is 38.0 Å². The first-order valence-electron chi connectivity index (χ1n) is 9.30. The number of ether oxygens (including phenoxy) is 1. The molecule has 0 saturated heterocycles. The van der Waals surface area contributed by atoms with Gasteiger partial charge in [-0.1, -0.05) is 37.8 Å². The van der Waals surface area contributed by atoms with Crippen LogP contribution in [-0.4, -0.2) is 47.4 Å². The van der Waals surface area contributed by atoms with Crippen LogP contribution in [-0.2, 0) is 11.4 Å². The van der Waals surface area contributed by atoms with Gasteiger partial charge in [-0.05, 0) is 25.0 Å². The van der Waals surface area contributed by atoms with Crippen molar-refractivity contribution in [1.82, 2.24) is 14.5 Å². The van der Waals surface area contributed by atoms with Gasteiger partial charge in [0, 0.05) is 19.7 Å². The highest BCUT2D eigenvalue weighted by Gasteiger charge is 2.30. The first-order valence-corrected chi connectivity index (χ1v) is 9.30. The van der Waals surface area contributed by atoms with Crippen LogP contribution in [0.2, 0.25) is 0 Å². The third kappa shape index (κ3) is 3.03. The molecule has 0 radical (unpaired) electrons. The van der Waals surface area contributed by atoms with E-state index in [1.165, 1.54) is 44.0 Å². The third-order valence-corrected chi connectivity index (χ3v) is 5.50. The number of aromatic nitrogens is 2. The minimum absolute atomic E-state index is 0.701. The number of hydrogen-bond donors (Lipinski definition) is 0. The van der Waals surface area contributed by atoms with Gasteiger partial charge in [-0.2, -0.15) is 0 Å². The summed E-state index contributed by atoms with van der Waals surface area (Å²) in [6.45, 7) is 3.56. The molecule has 1 aromatic heterocycles. The van der Waals surface area contributed by atoms with Crippen molar-refractivity contribution >= 4 is 17.0 Å². The second-order valence-electron chi connectivity index (χ2n) is 7.10. The van der Waals surface area contributed by atoms with Gasteiger partial charge in [0.05, 0.1) is 31.0 Å². The number of benzene rings is 1. The standard InChI is InChI=1S/C19H28N4O/c1-24-13-12-21-14-22(16-8-4-2-3-5-9-16)15-23-18-11-7-6-10-17(18)20-19(21)23/h6-7,10-11,16H,2-5,8-9,12-15H2,1H3. The molecule has 4 rings (SSSR count). The molecule has 0 unspecified atom stereocenters. The predicted molar refractivity (Wildman–Crippen MR) is 97.2 cm³/mol. The molecule has 5 nitrogen and oxygen atoms in total. The summed E-state index contributed by atoms with van der Waals surface area (Å²) in [6, 6.07) is 9.19. The molecule has 1 saturated carbocycles. The highest BCUT2D eigenvalue weighted by atomic mass is 16.5. The van der Waals surface area contributed by atoms with Gasteiger partial charge < -0.3 is 9.64 Å². The summed E-state index contributed by atoms with van der Waals surface area (Å²) in [5.74, 6) is 1.10. The van der Waals surface area contributed by atoms with Crippen molar-refractivity contribution in [1.29, 1.82) is 0 Å². The maximum atomic E-state index is 5.34. The van der Waals surface area contributed by atoms with Gasteiger partial charge in [-0.25, -0.2) is 4.98 Å². The summed E-state index contributed by atoms with van der Waals surface area (Å²) in [6.07, 6.45) is 8.21. The van der Waals surface area contributed by atoms with Gasteiger partial charge in [0.1, 0.15) is 0 Å². The fraction of sp³-hybridized carbons (Fsp3) is 0.632. The number of para-hydroxylation sites is 2. The maximum absolute atomic E-state index is 5.34. The van der Waals surface area contributed by atoms with Crippen LogP contribution in [0.3, 0.4) is 0 Å². The summed E-state index contributed by atoms with van der Waals surface area (Å²) >= 11 is 0. The van der Waals surface area contributed by atoms with Crippen LogP contribution < -0.4 is 4.90 Å². The van der Waals surface area contributed by atoms with E-state index in [-0.39, 0.29) is 0 Å². The summed E-state index contributed by atoms with van der Waals surface area (Å²) in [5, 5.41) is 0. The van der Waals surface area contributed by atoms with E-state index >= 15 is 0 Å². The number of methoxy groups -OCH3 is 1. The fourth-order valence-corrected chi connectivity index (χ4v) is 4.18. The van der Waals surface area contributed by atoms with Crippen molar-refractivity contribution in [2.45, 2.75) is 51.2 Å². The van der Waals surface area contributed by atoms with Crippen molar-refractivity contribution < 1.29 is 4.74 Å². The van der Waals surface area contributed by atoms with Crippen LogP contribution in [0.25, 0.3) is 11.0 Å². The van der Waals surface area contributed by atoms with E-state index in [1.54, 1.807) is 7.11 Å². The highest BCUT2D eigenvalue weighted by Crippen LogP contribution is 2.30. The zero-order valence-electron chi connectivity index (χ0n) is 14.7. The molecule has 1 fully saturated rings. The largest absolute Gasteiger partial charge is 0.383 e. The quantitative estimate of drug-likeness (QED) is 0.805. The summed E-state index contributed by atoms with van der Waals surface area (Å²) in [4.78, 5) is 9.93. The van der Waals surface area contributed by atoms with Crippen LogP contribution in [0.15, 0.2) is 24.3 Å². The Morgan fingerprint density at radius 2 is 1.88 bits per heavy atom. The molecule has 24 heavy (non-hydrogen) atoms. The number of imidazole rings is 1. The highest BCUT2D eigenvalue weighted by molar-refractivity contribution is 5.79. The molecule has 1 aromatic carbocycles. The maximum Gasteiger partial charge on any atom is 0.208 e. The van der Waals surface area contributed by atoms with Crippen LogP contribution in [0.4, 0.5) is 5.95 Å². The number of rotatable bonds is 4. The lowest BCUT2D eigenvalue weighted by molar-refractivity contribution is 0.117. The fourth-order valence-electron chi connectivity index (χ4n) is 4.18. The van der Waals surface area contributed by atoms with Crippen molar-refractivity contribution in [3.8, 4) is 0 Å². The summed E-state index contributed by atoms with van der Waals surface area (Å²) < 4.78 is 7.73. The van der Waals surface area contributed by atoms with Crippen molar-refractivity contribution in [3.63, 3.8) is 0 Å². The van der Waals surface area contributed by atoms with E-state index in [9.17, 15) is 0 Å². The van der Waals surface area contributed by atoms with Gasteiger partial charge in [-0.15, -0.1) is 0 Å². The molecular formula is C19H28N4O. The van der Waals surface area contributed by atoms with E-state index in [2.05, 4.69) is 38.6 Å². The smallest absolute Gasteiger partial charge is 0.208 e. The number of nitrogens with zero attached hydrogens (tertiary/aromatic N) is 4. The Balaban J connectivity index is 1.65. The summed E-state index contributed by atoms with van der Waals surface area (Å²) in [7, 11) is 1.77. The second-order valence-corrected chi connectivity index (χ2v) is 7.10. The Bertz CT molecular complexity index is 675. The molecule has 1 aliphatic heterocycles. The zero-order valence-corrected chi connectivity index (χ0v) is 14.7. The van der Waals surface area contributed by atoms with Gasteiger partial charge in [0.15, 0.2) is 0 Å². The van der Waals surface area contributed by atoms with Crippen molar-refractivity contribution in [2.24, 2.45) is 0 Å². The molecule has 2 aliphatic rings. The molecule has 0 atom stereocenters. The average molecular weight is 328 g/mol. The molecule has 0 bridgehead atoms. The van der Waals surface area contributed by atoms with E-state index < -0.39 is 0 Å². The first-order chi connectivity index (χ1) is 11.9. The van der Waals surface area contributed by atoms with Crippen molar-refractivity contribution in [3.05, 3.63) is 24.3 Å². The average Bonchev–Trinajstić information content (AvgIpc) is 2.80. The Hall–Kier alpha value is -1.59. The van der Waals surface area contributed by atoms with Crippen LogP contribution >= 0.6 is 0 Å². The number of fused-ring (bicyclic) bond motifs is 3. The SMILES string of the molecule is COCCN1CN(C2CCCCCC2)Cn2c1nc1ccccc12. The molecule has 1 aliphatic carbocycles. The minimum Gasteiger partial charge on any atom is -0.383 e. The zero-order chi connectivity index (χ0) is 16.4. The monoisotopic (exact) mass is 328 g/mol. The number of anilines is 1. The molecule has 130 valence electrons. The normalized spacial score (nSPS) is 20.3. The Morgan fingerprint density at radius 1 is 1.08 bits per heavy atom. The first kappa shape index (κ1) is 15.9. The van der Waals surface area contributed by atoms with Gasteiger partial charge in [-0.3, -0.25) is 9.47 Å². The van der Waals surface area contributed by atoms with Crippen LogP contribution in [0, 0.1) is 0 Å². The lowest BCUT2D eigenvalue weighted by atomic mass is 10.1. The lowest BCUT2D eigenvalue weighted by Crippen LogP contribution is -2.50. The molecule has 5 heteroatoms. The Labute approximate surface area is 144 Å². The van der Waals surface area contributed by atoms with Gasteiger partial charge in [0.25, 0.3) is 0 Å². The lowest BCUT2D eigenvalue weighted by Gasteiger charge is -2.41. The molecule has 0 N–H and O–H groups in total. The van der Waals surface area contributed by atoms with E-state index in [1.807, 2.05) is 0 Å². The van der Waals surface area contributed by atoms with E-state index in [4.69, 9.17) is 9.72 Å². The second kappa shape index (κ2) is 7.11. The summed E-state index contributed by atoms with van der Waals surface area (Å²) in [5.41, 5.74) is 2.34. The van der Waals surface area contributed by atoms with Gasteiger partial charge in [0.2, 0.25) is 5.95 Å². The third-order valence-electron chi connectivity index (χ3n) is 5.50. The minimum atomic E-state index is 0.701. The topological polar surface area (TPSA) is 33.5 Å². The molecule has 2 heterocycles. The molecule has 0 spiro atoms. The van der Waals surface area contributed by atoms with Crippen molar-refractivity contribution in [2.75, 3.05) is 31.8 Å². The number of hydrogen-bond acceptors (Lipinski definition) is 4. The predicted octanol–water partition coefficient (Wildman–Crippen LogP) is 3.44. The molecule has 2 aromatic rings. The van der Waals surface area contributed by atoms with E-state index in [0.29, 0.717) is 6.04 Å². The molecular weight excluding hydrogens is 300 g/mol. The Morgan fingerprint density at radius 3 is 2.67 bits per heavy atom. The molecule has 0 amide bonds. The van der Waals surface area contributed by atoms with Gasteiger partial charge >= 0.3 is 0 Å². The van der Waals surface area contributed by atoms with Crippen LogP contribution in [0.1, 0.15) is 38.5 Å². The van der Waals surface area contributed by atoms with Crippen LogP contribution in [0.5, 0.6) is 0 Å².